The fourth-order valence-electron chi connectivity index (χ4n) is 3.34. The molecule has 0 aliphatic rings. The van der Waals surface area contributed by atoms with Gasteiger partial charge in [0.25, 0.3) is 0 Å². The molecule has 10 heteroatoms. The Morgan fingerprint density at radius 2 is 1.94 bits per heavy atom. The number of methoxy groups -OCH3 is 2. The molecule has 4 rings (SSSR count). The van der Waals surface area contributed by atoms with Crippen LogP contribution in [0.5, 0.6) is 11.5 Å². The van der Waals surface area contributed by atoms with Crippen molar-refractivity contribution in [3.05, 3.63) is 36.7 Å². The Bertz CT molecular complexity index is 1270. The van der Waals surface area contributed by atoms with Gasteiger partial charge in [-0.3, -0.25) is 9.36 Å². The van der Waals surface area contributed by atoms with Gasteiger partial charge in [-0.05, 0) is 17.8 Å². The zero-order valence-electron chi connectivity index (χ0n) is 17.3. The summed E-state index contributed by atoms with van der Waals surface area (Å²) in [5, 5.41) is 2.49. The average Bonchev–Trinajstić information content (AvgIpc) is 3.11. The van der Waals surface area contributed by atoms with E-state index in [9.17, 15) is 4.79 Å². The minimum absolute atomic E-state index is 0.177. The Morgan fingerprint density at radius 1 is 1.16 bits per heavy atom. The highest BCUT2D eigenvalue weighted by atomic mass is 32.2. The molecular formula is C21H21N5O4S. The lowest BCUT2D eigenvalue weighted by Crippen LogP contribution is -2.10. The number of hydrogen-bond donors (Lipinski definition) is 1. The lowest BCUT2D eigenvalue weighted by Gasteiger charge is -2.15. The van der Waals surface area contributed by atoms with Crippen molar-refractivity contribution in [2.75, 3.05) is 26.6 Å². The summed E-state index contributed by atoms with van der Waals surface area (Å²) >= 11 is 1.39. The second-order valence-corrected chi connectivity index (χ2v) is 7.58. The van der Waals surface area contributed by atoms with Gasteiger partial charge in [0.05, 0.1) is 25.7 Å². The summed E-state index contributed by atoms with van der Waals surface area (Å²) in [6, 6.07) is 9.77. The molecule has 0 saturated carbocycles. The average molecular weight is 439 g/mol. The fraction of sp³-hybridized carbons (Fsp3) is 0.238. The van der Waals surface area contributed by atoms with Crippen molar-refractivity contribution < 1.29 is 19.0 Å². The third-order valence-electron chi connectivity index (χ3n) is 4.69. The molecular weight excluding hydrogens is 418 g/mol. The Balaban J connectivity index is 1.83. The van der Waals surface area contributed by atoms with Gasteiger partial charge in [0, 0.05) is 17.7 Å². The molecule has 0 bridgehead atoms. The van der Waals surface area contributed by atoms with Crippen molar-refractivity contribution in [1.82, 2.24) is 19.5 Å². The standard InChI is InChI=1S/C21H21N5O4S/c1-12(27)30-9-8-26-20-17(19(22)23-11-24-20)25-21(26)31-16-10-15(28-2)13-6-4-5-7-14(13)18(16)29-3/h4-7,10-11H,8-9H2,1-3H3,(H2,22,23,24). The Kier molecular flexibility index (Phi) is 5.81. The second-order valence-electron chi connectivity index (χ2n) is 6.58. The Hall–Kier alpha value is -3.53. The Morgan fingerprint density at radius 3 is 2.65 bits per heavy atom. The number of nitrogens with two attached hydrogens (primary N) is 1. The first-order chi connectivity index (χ1) is 15.0. The summed E-state index contributed by atoms with van der Waals surface area (Å²) in [6.07, 6.45) is 1.38. The number of imidazole rings is 1. The van der Waals surface area contributed by atoms with Crippen LogP contribution in [0.4, 0.5) is 5.82 Å². The van der Waals surface area contributed by atoms with Crippen LogP contribution < -0.4 is 15.2 Å². The Labute approximate surface area is 182 Å². The SMILES string of the molecule is COc1cc(Sc2nc3c(N)ncnc3n2CCOC(C)=O)c(OC)c2ccccc12. The van der Waals surface area contributed by atoms with Crippen LogP contribution in [0, 0.1) is 0 Å². The fourth-order valence-corrected chi connectivity index (χ4v) is 4.41. The molecule has 0 atom stereocenters. The van der Waals surface area contributed by atoms with E-state index in [4.69, 9.17) is 19.9 Å². The van der Waals surface area contributed by atoms with Crippen LogP contribution in [-0.4, -0.2) is 46.3 Å². The van der Waals surface area contributed by atoms with Crippen molar-refractivity contribution >= 4 is 45.5 Å². The second kappa shape index (κ2) is 8.68. The van der Waals surface area contributed by atoms with Gasteiger partial charge in [-0.1, -0.05) is 24.3 Å². The number of aromatic nitrogens is 4. The number of rotatable bonds is 7. The van der Waals surface area contributed by atoms with Crippen LogP contribution in [0.3, 0.4) is 0 Å². The quantitative estimate of drug-likeness (QED) is 0.433. The van der Waals surface area contributed by atoms with E-state index in [1.165, 1.54) is 25.0 Å². The first-order valence-electron chi connectivity index (χ1n) is 9.45. The van der Waals surface area contributed by atoms with E-state index in [0.717, 1.165) is 21.4 Å². The van der Waals surface area contributed by atoms with E-state index in [0.29, 0.717) is 28.6 Å². The summed E-state index contributed by atoms with van der Waals surface area (Å²) in [7, 11) is 3.26. The molecule has 31 heavy (non-hydrogen) atoms. The molecule has 0 amide bonds. The van der Waals surface area contributed by atoms with Crippen LogP contribution in [0.2, 0.25) is 0 Å². The lowest BCUT2D eigenvalue weighted by atomic mass is 10.1. The topological polar surface area (TPSA) is 114 Å². The molecule has 0 saturated heterocycles. The number of fused-ring (bicyclic) bond motifs is 2. The van der Waals surface area contributed by atoms with Gasteiger partial charge in [-0.25, -0.2) is 15.0 Å². The van der Waals surface area contributed by atoms with Crippen molar-refractivity contribution in [2.45, 2.75) is 23.5 Å². The summed E-state index contributed by atoms with van der Waals surface area (Å²) in [5.41, 5.74) is 7.07. The molecule has 2 N–H and O–H groups in total. The number of anilines is 1. The van der Waals surface area contributed by atoms with Crippen molar-refractivity contribution in [3.8, 4) is 11.5 Å². The zero-order chi connectivity index (χ0) is 22.0. The summed E-state index contributed by atoms with van der Waals surface area (Å²) in [6.45, 7) is 1.91. The molecule has 0 spiro atoms. The molecule has 4 aromatic rings. The predicted octanol–water partition coefficient (Wildman–Crippen LogP) is 3.29. The number of carbonyl (C=O) groups is 1. The van der Waals surface area contributed by atoms with Gasteiger partial charge < -0.3 is 19.9 Å². The van der Waals surface area contributed by atoms with E-state index in [2.05, 4.69) is 15.0 Å². The van der Waals surface area contributed by atoms with Crippen LogP contribution in [0.25, 0.3) is 21.9 Å². The van der Waals surface area contributed by atoms with Gasteiger partial charge >= 0.3 is 5.97 Å². The zero-order valence-corrected chi connectivity index (χ0v) is 18.1. The van der Waals surface area contributed by atoms with Gasteiger partial charge in [-0.2, -0.15) is 0 Å². The van der Waals surface area contributed by atoms with Gasteiger partial charge in [-0.15, -0.1) is 0 Å². The van der Waals surface area contributed by atoms with Crippen molar-refractivity contribution in [1.29, 1.82) is 0 Å². The minimum atomic E-state index is -0.353. The van der Waals surface area contributed by atoms with E-state index < -0.39 is 0 Å². The lowest BCUT2D eigenvalue weighted by molar-refractivity contribution is -0.141. The van der Waals surface area contributed by atoms with Crippen molar-refractivity contribution in [2.24, 2.45) is 0 Å². The maximum absolute atomic E-state index is 11.2. The van der Waals surface area contributed by atoms with Crippen molar-refractivity contribution in [3.63, 3.8) is 0 Å². The third-order valence-corrected chi connectivity index (χ3v) is 5.71. The number of ether oxygens (including phenoxy) is 3. The first kappa shape index (κ1) is 20.7. The molecule has 0 aliphatic carbocycles. The van der Waals surface area contributed by atoms with Crippen LogP contribution >= 0.6 is 11.8 Å². The van der Waals surface area contributed by atoms with E-state index >= 15 is 0 Å². The number of nitrogens with zero attached hydrogens (tertiary/aromatic N) is 4. The van der Waals surface area contributed by atoms with E-state index in [1.807, 2.05) is 34.9 Å². The highest BCUT2D eigenvalue weighted by Crippen LogP contribution is 2.44. The van der Waals surface area contributed by atoms with Crippen LogP contribution in [0.1, 0.15) is 6.92 Å². The molecule has 160 valence electrons. The van der Waals surface area contributed by atoms with E-state index in [-0.39, 0.29) is 18.4 Å². The predicted molar refractivity (Wildman–Crippen MR) is 118 cm³/mol. The van der Waals surface area contributed by atoms with Gasteiger partial charge in [0.1, 0.15) is 24.4 Å². The minimum Gasteiger partial charge on any atom is -0.496 e. The smallest absolute Gasteiger partial charge is 0.302 e. The molecule has 0 fully saturated rings. The monoisotopic (exact) mass is 439 g/mol. The molecule has 9 nitrogen and oxygen atoms in total. The van der Waals surface area contributed by atoms with Gasteiger partial charge in [0.15, 0.2) is 22.1 Å². The van der Waals surface area contributed by atoms with Gasteiger partial charge in [0.2, 0.25) is 0 Å². The third kappa shape index (κ3) is 3.93. The van der Waals surface area contributed by atoms with Crippen LogP contribution in [0.15, 0.2) is 46.7 Å². The molecule has 2 heterocycles. The van der Waals surface area contributed by atoms with Crippen LogP contribution in [-0.2, 0) is 16.1 Å². The molecule has 2 aromatic heterocycles. The maximum atomic E-state index is 11.2. The molecule has 2 aromatic carbocycles. The number of nitrogen functional groups attached to an aromatic ring is 1. The molecule has 0 aliphatic heterocycles. The summed E-state index contributed by atoms with van der Waals surface area (Å²) in [4.78, 5) is 25.0. The maximum Gasteiger partial charge on any atom is 0.302 e. The number of benzene rings is 2. The molecule has 0 unspecified atom stereocenters. The number of hydrogen-bond acceptors (Lipinski definition) is 9. The highest BCUT2D eigenvalue weighted by molar-refractivity contribution is 7.99. The highest BCUT2D eigenvalue weighted by Gasteiger charge is 2.20. The molecule has 0 radical (unpaired) electrons. The summed E-state index contributed by atoms with van der Waals surface area (Å²) < 4.78 is 18.3. The van der Waals surface area contributed by atoms with E-state index in [1.54, 1.807) is 14.2 Å². The normalized spacial score (nSPS) is 11.1. The number of esters is 1. The summed E-state index contributed by atoms with van der Waals surface area (Å²) in [5.74, 6) is 1.36. The number of carbonyl (C=O) groups excluding carboxylic acids is 1. The largest absolute Gasteiger partial charge is 0.496 e. The first-order valence-corrected chi connectivity index (χ1v) is 10.3.